The second-order valence-corrected chi connectivity index (χ2v) is 7.97. The Balaban J connectivity index is 2.01. The molecule has 132 valence electrons. The lowest BCUT2D eigenvalue weighted by Crippen LogP contribution is -2.72. The zero-order valence-corrected chi connectivity index (χ0v) is 14.8. The van der Waals surface area contributed by atoms with Gasteiger partial charge in [0.05, 0.1) is 12.0 Å². The van der Waals surface area contributed by atoms with Crippen molar-refractivity contribution >= 4 is 12.1 Å². The summed E-state index contributed by atoms with van der Waals surface area (Å²) in [5, 5.41) is 9.31. The zero-order valence-electron chi connectivity index (χ0n) is 14.8. The Hall–Kier alpha value is -1.30. The molecule has 2 fully saturated rings. The van der Waals surface area contributed by atoms with E-state index in [0.29, 0.717) is 19.0 Å². The van der Waals surface area contributed by atoms with E-state index in [1.807, 2.05) is 20.8 Å². The molecule has 23 heavy (non-hydrogen) atoms. The standard InChI is InChI=1S/C17H30N2O4/c1-5-19(10-13-7-6-8-13)17(9-14(20)21)11-18(12-17)15(22)23-16(2,3)4/h13H,5-12H2,1-4H3,(H,20,21). The van der Waals surface area contributed by atoms with Crippen molar-refractivity contribution in [3.05, 3.63) is 0 Å². The molecule has 0 aromatic rings. The minimum Gasteiger partial charge on any atom is -0.481 e. The monoisotopic (exact) mass is 326 g/mol. The van der Waals surface area contributed by atoms with Crippen LogP contribution in [0.25, 0.3) is 0 Å². The fourth-order valence-corrected chi connectivity index (χ4v) is 3.47. The van der Waals surface area contributed by atoms with Crippen LogP contribution in [0.15, 0.2) is 0 Å². The summed E-state index contributed by atoms with van der Waals surface area (Å²) in [5.74, 6) is -0.128. The highest BCUT2D eigenvalue weighted by Crippen LogP contribution is 2.36. The number of ether oxygens (including phenoxy) is 1. The van der Waals surface area contributed by atoms with Crippen LogP contribution in [-0.2, 0) is 9.53 Å². The van der Waals surface area contributed by atoms with Crippen LogP contribution in [0.2, 0.25) is 0 Å². The average Bonchev–Trinajstić information content (AvgIpc) is 2.30. The number of aliphatic carboxylic acids is 1. The quantitative estimate of drug-likeness (QED) is 0.812. The predicted molar refractivity (Wildman–Crippen MR) is 87.4 cm³/mol. The van der Waals surface area contributed by atoms with E-state index in [9.17, 15) is 14.7 Å². The van der Waals surface area contributed by atoms with Gasteiger partial charge >= 0.3 is 12.1 Å². The maximum atomic E-state index is 12.2. The molecule has 0 atom stereocenters. The molecule has 2 aliphatic rings. The van der Waals surface area contributed by atoms with Crippen LogP contribution >= 0.6 is 0 Å². The third kappa shape index (κ3) is 4.37. The van der Waals surface area contributed by atoms with Gasteiger partial charge in [0, 0.05) is 19.6 Å². The number of carbonyl (C=O) groups is 2. The van der Waals surface area contributed by atoms with E-state index >= 15 is 0 Å². The number of hydrogen-bond acceptors (Lipinski definition) is 4. The molecule has 1 saturated carbocycles. The van der Waals surface area contributed by atoms with Crippen LogP contribution in [0.4, 0.5) is 4.79 Å². The molecule has 0 aromatic carbocycles. The highest BCUT2D eigenvalue weighted by atomic mass is 16.6. The molecule has 0 spiro atoms. The summed E-state index contributed by atoms with van der Waals surface area (Å²) >= 11 is 0. The molecular weight excluding hydrogens is 296 g/mol. The average molecular weight is 326 g/mol. The molecule has 0 unspecified atom stereocenters. The lowest BCUT2D eigenvalue weighted by Gasteiger charge is -2.56. The summed E-state index contributed by atoms with van der Waals surface area (Å²) in [5.41, 5.74) is -0.967. The van der Waals surface area contributed by atoms with Crippen molar-refractivity contribution in [3.63, 3.8) is 0 Å². The molecule has 1 N–H and O–H groups in total. The van der Waals surface area contributed by atoms with Crippen molar-refractivity contribution in [3.8, 4) is 0 Å². The molecule has 0 aromatic heterocycles. The molecule has 1 heterocycles. The van der Waals surface area contributed by atoms with Gasteiger partial charge in [-0.15, -0.1) is 0 Å². The van der Waals surface area contributed by atoms with E-state index in [4.69, 9.17) is 4.74 Å². The SMILES string of the molecule is CCN(CC1CCC1)C1(CC(=O)O)CN(C(=O)OC(C)(C)C)C1. The van der Waals surface area contributed by atoms with Gasteiger partial charge in [-0.2, -0.15) is 0 Å². The Morgan fingerprint density at radius 3 is 2.30 bits per heavy atom. The van der Waals surface area contributed by atoms with E-state index in [1.165, 1.54) is 19.3 Å². The maximum Gasteiger partial charge on any atom is 0.410 e. The number of hydrogen-bond donors (Lipinski definition) is 1. The summed E-state index contributed by atoms with van der Waals surface area (Å²) in [7, 11) is 0. The number of carboxylic acids is 1. The van der Waals surface area contributed by atoms with Gasteiger partial charge in [-0.25, -0.2) is 4.79 Å². The lowest BCUT2D eigenvalue weighted by molar-refractivity contribution is -0.146. The van der Waals surface area contributed by atoms with Crippen LogP contribution < -0.4 is 0 Å². The largest absolute Gasteiger partial charge is 0.481 e. The van der Waals surface area contributed by atoms with Gasteiger partial charge in [-0.3, -0.25) is 9.69 Å². The lowest BCUT2D eigenvalue weighted by atomic mass is 9.80. The van der Waals surface area contributed by atoms with E-state index < -0.39 is 17.1 Å². The minimum atomic E-state index is -0.805. The molecule has 6 heteroatoms. The van der Waals surface area contributed by atoms with Gasteiger partial charge < -0.3 is 14.7 Å². The van der Waals surface area contributed by atoms with Crippen molar-refractivity contribution in [2.24, 2.45) is 5.92 Å². The van der Waals surface area contributed by atoms with Gasteiger partial charge in [0.2, 0.25) is 0 Å². The van der Waals surface area contributed by atoms with Crippen molar-refractivity contribution in [1.82, 2.24) is 9.80 Å². The molecule has 0 bridgehead atoms. The Kier molecular flexibility index (Phi) is 5.23. The van der Waals surface area contributed by atoms with Gasteiger partial charge in [-0.1, -0.05) is 13.3 Å². The first-order valence-electron chi connectivity index (χ1n) is 8.60. The Morgan fingerprint density at radius 2 is 1.91 bits per heavy atom. The van der Waals surface area contributed by atoms with Crippen LogP contribution in [-0.4, -0.2) is 64.3 Å². The number of carboxylic acid groups (broad SMARTS) is 1. The normalized spacial score (nSPS) is 20.8. The summed E-state index contributed by atoms with van der Waals surface area (Å²) in [6, 6.07) is 0. The topological polar surface area (TPSA) is 70.1 Å². The number of carbonyl (C=O) groups excluding carboxylic acids is 1. The van der Waals surface area contributed by atoms with Crippen molar-refractivity contribution < 1.29 is 19.4 Å². The predicted octanol–water partition coefficient (Wildman–Crippen LogP) is 2.57. The van der Waals surface area contributed by atoms with Crippen LogP contribution in [0.3, 0.4) is 0 Å². The van der Waals surface area contributed by atoms with Gasteiger partial charge in [0.25, 0.3) is 0 Å². The molecule has 0 radical (unpaired) electrons. The van der Waals surface area contributed by atoms with E-state index in [2.05, 4.69) is 11.8 Å². The summed E-state index contributed by atoms with van der Waals surface area (Å²) < 4.78 is 5.39. The molecule has 1 aliphatic carbocycles. The number of likely N-dealkylation sites (tertiary alicyclic amines) is 1. The second kappa shape index (κ2) is 6.67. The highest BCUT2D eigenvalue weighted by molar-refractivity contribution is 5.73. The number of amides is 1. The molecule has 2 rings (SSSR count). The second-order valence-electron chi connectivity index (χ2n) is 7.97. The smallest absolute Gasteiger partial charge is 0.410 e. The Bertz CT molecular complexity index is 448. The maximum absolute atomic E-state index is 12.2. The summed E-state index contributed by atoms with van der Waals surface area (Å²) in [6.45, 7) is 10.2. The first kappa shape index (κ1) is 18.0. The van der Waals surface area contributed by atoms with Gasteiger partial charge in [-0.05, 0) is 46.1 Å². The number of rotatable bonds is 6. The van der Waals surface area contributed by atoms with Crippen LogP contribution in [0.1, 0.15) is 53.4 Å². The van der Waals surface area contributed by atoms with E-state index in [-0.39, 0.29) is 12.5 Å². The highest BCUT2D eigenvalue weighted by Gasteiger charge is 2.51. The summed E-state index contributed by atoms with van der Waals surface area (Å²) in [6.07, 6.45) is 3.47. The van der Waals surface area contributed by atoms with Crippen LogP contribution in [0.5, 0.6) is 0 Å². The first-order chi connectivity index (χ1) is 10.6. The third-order valence-corrected chi connectivity index (χ3v) is 4.86. The Morgan fingerprint density at radius 1 is 1.30 bits per heavy atom. The first-order valence-corrected chi connectivity index (χ1v) is 8.60. The third-order valence-electron chi connectivity index (χ3n) is 4.86. The zero-order chi connectivity index (χ0) is 17.3. The number of likely N-dealkylation sites (N-methyl/N-ethyl adjacent to an activating group) is 1. The van der Waals surface area contributed by atoms with Crippen LogP contribution in [0, 0.1) is 5.92 Å². The fraction of sp³-hybridized carbons (Fsp3) is 0.882. The van der Waals surface area contributed by atoms with E-state index in [0.717, 1.165) is 13.1 Å². The number of nitrogens with zero attached hydrogens (tertiary/aromatic N) is 2. The molecule has 1 amide bonds. The molecular formula is C17H30N2O4. The van der Waals surface area contributed by atoms with Crippen molar-refractivity contribution in [2.45, 2.75) is 64.5 Å². The summed E-state index contributed by atoms with van der Waals surface area (Å²) in [4.78, 5) is 27.4. The minimum absolute atomic E-state index is 0.0762. The van der Waals surface area contributed by atoms with Gasteiger partial charge in [0.1, 0.15) is 5.60 Å². The van der Waals surface area contributed by atoms with E-state index in [1.54, 1.807) is 4.90 Å². The van der Waals surface area contributed by atoms with Crippen molar-refractivity contribution in [1.29, 1.82) is 0 Å². The van der Waals surface area contributed by atoms with Gasteiger partial charge in [0.15, 0.2) is 0 Å². The Labute approximate surface area is 138 Å². The molecule has 1 aliphatic heterocycles. The van der Waals surface area contributed by atoms with Crippen molar-refractivity contribution in [2.75, 3.05) is 26.2 Å². The fourth-order valence-electron chi connectivity index (χ4n) is 3.47. The molecule has 1 saturated heterocycles. The molecule has 6 nitrogen and oxygen atoms in total.